The van der Waals surface area contributed by atoms with Gasteiger partial charge in [0.2, 0.25) is 10.0 Å². The molecule has 1 aromatic carbocycles. The Morgan fingerprint density at radius 3 is 2.42 bits per heavy atom. The molecule has 9 heteroatoms. The number of cyclic esters (lactones) is 1. The molecule has 2 aliphatic heterocycles. The highest BCUT2D eigenvalue weighted by molar-refractivity contribution is 7.89. The molecule has 0 radical (unpaired) electrons. The fourth-order valence-electron chi connectivity index (χ4n) is 3.03. The first kappa shape index (κ1) is 16.7. The molecule has 0 saturated carbocycles. The van der Waals surface area contributed by atoms with Gasteiger partial charge >= 0.3 is 6.09 Å². The zero-order valence-electron chi connectivity index (χ0n) is 13.2. The van der Waals surface area contributed by atoms with E-state index in [2.05, 4.69) is 0 Å². The third-order valence-electron chi connectivity index (χ3n) is 4.26. The molecule has 2 aliphatic rings. The molecule has 0 N–H and O–H groups in total. The van der Waals surface area contributed by atoms with E-state index in [0.29, 0.717) is 12.8 Å². The van der Waals surface area contributed by atoms with Crippen LogP contribution in [0.5, 0.6) is 5.75 Å². The maximum absolute atomic E-state index is 12.8. The number of imide groups is 1. The number of benzene rings is 1. The molecule has 3 rings (SSSR count). The second-order valence-electron chi connectivity index (χ2n) is 5.60. The van der Waals surface area contributed by atoms with Crippen LogP contribution in [0.2, 0.25) is 0 Å². The number of sulfonamides is 1. The van der Waals surface area contributed by atoms with Gasteiger partial charge < -0.3 is 9.47 Å². The van der Waals surface area contributed by atoms with Crippen LogP contribution < -0.4 is 4.74 Å². The Balaban J connectivity index is 1.74. The summed E-state index contributed by atoms with van der Waals surface area (Å²) in [5.41, 5.74) is 0. The monoisotopic (exact) mass is 354 g/mol. The van der Waals surface area contributed by atoms with Crippen molar-refractivity contribution in [2.24, 2.45) is 0 Å². The average Bonchev–Trinajstić information content (AvgIpc) is 2.93. The Bertz CT molecular complexity index is 739. The van der Waals surface area contributed by atoms with Gasteiger partial charge in [0.05, 0.1) is 7.11 Å². The van der Waals surface area contributed by atoms with Crippen molar-refractivity contribution >= 4 is 22.0 Å². The summed E-state index contributed by atoms with van der Waals surface area (Å²) in [6.45, 7) is 0.211. The first-order valence-corrected chi connectivity index (χ1v) is 9.01. The van der Waals surface area contributed by atoms with E-state index in [1.807, 2.05) is 0 Å². The number of hydrogen-bond donors (Lipinski definition) is 0. The second-order valence-corrected chi connectivity index (χ2v) is 7.51. The molecule has 0 aromatic heterocycles. The minimum Gasteiger partial charge on any atom is -0.495 e. The van der Waals surface area contributed by atoms with Crippen LogP contribution in [-0.4, -0.2) is 62.5 Å². The van der Waals surface area contributed by atoms with Gasteiger partial charge in [-0.3, -0.25) is 4.79 Å². The maximum Gasteiger partial charge on any atom is 0.417 e. The number of hydrogen-bond acceptors (Lipinski definition) is 6. The van der Waals surface area contributed by atoms with E-state index >= 15 is 0 Å². The first-order valence-electron chi connectivity index (χ1n) is 7.57. The van der Waals surface area contributed by atoms with Crippen molar-refractivity contribution in [2.75, 3.05) is 26.8 Å². The van der Waals surface area contributed by atoms with Crippen LogP contribution in [0.25, 0.3) is 0 Å². The van der Waals surface area contributed by atoms with Crippen molar-refractivity contribution in [1.29, 1.82) is 0 Å². The number of methoxy groups -OCH3 is 1. The number of carbonyl (C=O) groups is 2. The highest BCUT2D eigenvalue weighted by Crippen LogP contribution is 2.29. The number of piperidine rings is 1. The van der Waals surface area contributed by atoms with Gasteiger partial charge in [0.1, 0.15) is 10.6 Å². The van der Waals surface area contributed by atoms with E-state index < -0.39 is 16.1 Å². The molecule has 2 amide bonds. The van der Waals surface area contributed by atoms with Crippen molar-refractivity contribution in [3.8, 4) is 5.75 Å². The van der Waals surface area contributed by atoms with E-state index in [-0.39, 0.29) is 42.3 Å². The van der Waals surface area contributed by atoms with Gasteiger partial charge in [0, 0.05) is 19.1 Å². The number of nitrogens with zero attached hydrogens (tertiary/aromatic N) is 2. The zero-order chi connectivity index (χ0) is 17.3. The molecule has 2 saturated heterocycles. The quantitative estimate of drug-likeness (QED) is 0.795. The zero-order valence-corrected chi connectivity index (χ0v) is 14.0. The lowest BCUT2D eigenvalue weighted by Gasteiger charge is -2.34. The molecule has 0 unspecified atom stereocenters. The normalized spacial score (nSPS) is 20.3. The fraction of sp³-hybridized carbons (Fsp3) is 0.467. The second kappa shape index (κ2) is 6.40. The van der Waals surface area contributed by atoms with Crippen LogP contribution in [0, 0.1) is 0 Å². The van der Waals surface area contributed by atoms with Gasteiger partial charge in [0.25, 0.3) is 5.91 Å². The molecular formula is C15H18N2O6S. The van der Waals surface area contributed by atoms with Crippen LogP contribution in [-0.2, 0) is 19.6 Å². The third kappa shape index (κ3) is 2.84. The van der Waals surface area contributed by atoms with Crippen molar-refractivity contribution in [3.05, 3.63) is 24.3 Å². The topological polar surface area (TPSA) is 93.2 Å². The van der Waals surface area contributed by atoms with Gasteiger partial charge in [-0.2, -0.15) is 4.31 Å². The van der Waals surface area contributed by atoms with Gasteiger partial charge in [0.15, 0.2) is 6.61 Å². The predicted molar refractivity (Wildman–Crippen MR) is 83.0 cm³/mol. The molecule has 2 heterocycles. The van der Waals surface area contributed by atoms with Gasteiger partial charge in [-0.25, -0.2) is 18.1 Å². The van der Waals surface area contributed by atoms with Crippen molar-refractivity contribution in [3.63, 3.8) is 0 Å². The van der Waals surface area contributed by atoms with Crippen molar-refractivity contribution < 1.29 is 27.5 Å². The molecule has 8 nitrogen and oxygen atoms in total. The van der Waals surface area contributed by atoms with Crippen molar-refractivity contribution in [1.82, 2.24) is 9.21 Å². The van der Waals surface area contributed by atoms with Crippen molar-refractivity contribution in [2.45, 2.75) is 23.8 Å². The first-order chi connectivity index (χ1) is 11.4. The molecule has 0 aliphatic carbocycles. The SMILES string of the molecule is COc1ccccc1S(=O)(=O)N1CCC(N2C(=O)COC2=O)CC1. The van der Waals surface area contributed by atoms with E-state index in [1.54, 1.807) is 18.2 Å². The largest absolute Gasteiger partial charge is 0.495 e. The van der Waals surface area contributed by atoms with Crippen LogP contribution >= 0.6 is 0 Å². The van der Waals surface area contributed by atoms with Crippen LogP contribution in [0.1, 0.15) is 12.8 Å². The molecule has 130 valence electrons. The third-order valence-corrected chi connectivity index (χ3v) is 6.20. The number of carbonyl (C=O) groups excluding carboxylic acids is 2. The Labute approximate surface area is 140 Å². The number of amides is 2. The summed E-state index contributed by atoms with van der Waals surface area (Å²) in [7, 11) is -2.27. The number of ether oxygens (including phenoxy) is 2. The van der Waals surface area contributed by atoms with E-state index in [9.17, 15) is 18.0 Å². The molecule has 2 fully saturated rings. The molecule has 24 heavy (non-hydrogen) atoms. The predicted octanol–water partition coefficient (Wildman–Crippen LogP) is 0.827. The van der Waals surface area contributed by atoms with Crippen LogP contribution in [0.3, 0.4) is 0 Å². The fourth-order valence-corrected chi connectivity index (χ4v) is 4.65. The summed E-state index contributed by atoms with van der Waals surface area (Å²) >= 11 is 0. The van der Waals surface area contributed by atoms with Gasteiger partial charge in [-0.1, -0.05) is 12.1 Å². The lowest BCUT2D eigenvalue weighted by Crippen LogP contribution is -2.48. The summed E-state index contributed by atoms with van der Waals surface area (Å²) in [5.74, 6) is -0.0797. The standard InChI is InChI=1S/C15H18N2O6S/c1-22-12-4-2-3-5-13(12)24(20,21)16-8-6-11(7-9-16)17-14(18)10-23-15(17)19/h2-5,11H,6-10H2,1H3. The Morgan fingerprint density at radius 1 is 1.17 bits per heavy atom. The van der Waals surface area contributed by atoms with Crippen LogP contribution in [0.4, 0.5) is 4.79 Å². The molecule has 1 aromatic rings. The van der Waals surface area contributed by atoms with Gasteiger partial charge in [-0.05, 0) is 25.0 Å². The summed E-state index contributed by atoms with van der Waals surface area (Å²) < 4.78 is 36.8. The molecule has 0 bridgehead atoms. The summed E-state index contributed by atoms with van der Waals surface area (Å²) in [6.07, 6.45) is 0.121. The van der Waals surface area contributed by atoms with E-state index in [1.165, 1.54) is 17.5 Å². The lowest BCUT2D eigenvalue weighted by molar-refractivity contribution is -0.127. The highest BCUT2D eigenvalue weighted by atomic mass is 32.2. The number of rotatable bonds is 4. The van der Waals surface area contributed by atoms with Gasteiger partial charge in [-0.15, -0.1) is 0 Å². The smallest absolute Gasteiger partial charge is 0.417 e. The maximum atomic E-state index is 12.8. The number of para-hydroxylation sites is 1. The Morgan fingerprint density at radius 2 is 1.83 bits per heavy atom. The van der Waals surface area contributed by atoms with Crippen LogP contribution in [0.15, 0.2) is 29.2 Å². The summed E-state index contributed by atoms with van der Waals surface area (Å²) in [6, 6.07) is 6.12. The molecular weight excluding hydrogens is 336 g/mol. The lowest BCUT2D eigenvalue weighted by atomic mass is 10.1. The molecule has 0 atom stereocenters. The van der Waals surface area contributed by atoms with E-state index in [0.717, 1.165) is 4.90 Å². The average molecular weight is 354 g/mol. The highest BCUT2D eigenvalue weighted by Gasteiger charge is 2.40. The molecule has 0 spiro atoms. The summed E-state index contributed by atoms with van der Waals surface area (Å²) in [5, 5.41) is 0. The minimum atomic E-state index is -3.69. The summed E-state index contributed by atoms with van der Waals surface area (Å²) in [4.78, 5) is 24.5. The minimum absolute atomic E-state index is 0.114. The Hall–Kier alpha value is -2.13. The Kier molecular flexibility index (Phi) is 4.46. The van der Waals surface area contributed by atoms with E-state index in [4.69, 9.17) is 9.47 Å².